The number of rotatable bonds is 7. The van der Waals surface area contributed by atoms with E-state index < -0.39 is 16.1 Å². The van der Waals surface area contributed by atoms with Crippen LogP contribution in [0.2, 0.25) is 0 Å². The highest BCUT2D eigenvalue weighted by atomic mass is 32.2. The summed E-state index contributed by atoms with van der Waals surface area (Å²) in [6.45, 7) is 1.40. The second kappa shape index (κ2) is 7.64. The molecule has 1 saturated carbocycles. The van der Waals surface area contributed by atoms with Crippen LogP contribution in [0, 0.1) is 5.92 Å². The van der Waals surface area contributed by atoms with Gasteiger partial charge in [0.2, 0.25) is 0 Å². The maximum atomic E-state index is 12.4. The third-order valence-electron chi connectivity index (χ3n) is 5.61. The van der Waals surface area contributed by atoms with Gasteiger partial charge in [-0.15, -0.1) is 0 Å². The van der Waals surface area contributed by atoms with Crippen molar-refractivity contribution in [2.45, 2.75) is 51.4 Å². The summed E-state index contributed by atoms with van der Waals surface area (Å²) in [6.07, 6.45) is 10.2. The largest absolute Gasteiger partial charge is 0.333 e. The number of fused-ring (bicyclic) bond motifs is 2. The molecule has 0 atom stereocenters. The molecule has 1 aromatic rings. The number of carbonyl (C=O) groups is 1. The first-order valence-corrected chi connectivity index (χ1v) is 11.4. The minimum Gasteiger partial charge on any atom is -0.313 e. The third kappa shape index (κ3) is 4.52. The molecule has 6 nitrogen and oxygen atoms in total. The predicted octanol–water partition coefficient (Wildman–Crippen LogP) is 2.63. The lowest BCUT2D eigenvalue weighted by molar-refractivity contribution is 0.256. The molecule has 7 heteroatoms. The fourth-order valence-corrected chi connectivity index (χ4v) is 4.86. The summed E-state index contributed by atoms with van der Waals surface area (Å²) in [6, 6.07) is 1.60. The number of urea groups is 1. The van der Waals surface area contributed by atoms with Gasteiger partial charge in [-0.05, 0) is 86.1 Å². The van der Waals surface area contributed by atoms with Gasteiger partial charge < -0.3 is 10.6 Å². The number of hydrogen-bond donors (Lipinski definition) is 3. The number of benzene rings is 1. The number of carbonyl (C=O) groups excluding carboxylic acids is 1. The van der Waals surface area contributed by atoms with Gasteiger partial charge >= 0.3 is 6.03 Å². The molecule has 0 bridgehead atoms. The fourth-order valence-electron chi connectivity index (χ4n) is 4.14. The summed E-state index contributed by atoms with van der Waals surface area (Å²) in [5.41, 5.74) is 5.82. The molecule has 1 fully saturated rings. The van der Waals surface area contributed by atoms with E-state index in [0.717, 1.165) is 62.1 Å². The smallest absolute Gasteiger partial charge is 0.313 e. The highest BCUT2D eigenvalue weighted by Gasteiger charge is 2.25. The maximum absolute atomic E-state index is 12.4. The standard InChI is InChI=1S/C20H27N3O3S/c24-20(23-27(25,26)11-3-10-21-13-14-8-9-14)22-19-17-6-1-4-15(17)12-16-5-2-7-18(16)19/h3,11-12,14,21H,1-2,4-10,13H2,(H2,22,23,24)/b11-3+. The van der Waals surface area contributed by atoms with E-state index in [-0.39, 0.29) is 0 Å². The van der Waals surface area contributed by atoms with Crippen molar-refractivity contribution in [1.29, 1.82) is 0 Å². The molecule has 3 N–H and O–H groups in total. The number of nitrogens with one attached hydrogen (secondary N) is 3. The van der Waals surface area contributed by atoms with Gasteiger partial charge in [-0.1, -0.05) is 12.1 Å². The van der Waals surface area contributed by atoms with Crippen LogP contribution in [-0.2, 0) is 35.7 Å². The van der Waals surface area contributed by atoms with Crippen LogP contribution in [0.25, 0.3) is 0 Å². The van der Waals surface area contributed by atoms with E-state index >= 15 is 0 Å². The average Bonchev–Trinajstić information content (AvgIpc) is 3.11. The molecule has 0 aromatic heterocycles. The van der Waals surface area contributed by atoms with Crippen molar-refractivity contribution < 1.29 is 13.2 Å². The van der Waals surface area contributed by atoms with E-state index in [1.54, 1.807) is 0 Å². The summed E-state index contributed by atoms with van der Waals surface area (Å²) in [5, 5.41) is 7.10. The zero-order valence-corrected chi connectivity index (χ0v) is 16.3. The van der Waals surface area contributed by atoms with Crippen molar-refractivity contribution in [1.82, 2.24) is 10.0 Å². The van der Waals surface area contributed by atoms with Crippen molar-refractivity contribution >= 4 is 21.7 Å². The summed E-state index contributed by atoms with van der Waals surface area (Å²) in [4.78, 5) is 12.4. The van der Waals surface area contributed by atoms with Crippen LogP contribution in [0.3, 0.4) is 0 Å². The average molecular weight is 390 g/mol. The van der Waals surface area contributed by atoms with E-state index in [0.29, 0.717) is 6.54 Å². The third-order valence-corrected chi connectivity index (χ3v) is 6.63. The van der Waals surface area contributed by atoms with E-state index in [2.05, 4.69) is 21.4 Å². The number of amides is 2. The Morgan fingerprint density at radius 3 is 2.37 bits per heavy atom. The van der Waals surface area contributed by atoms with E-state index in [1.165, 1.54) is 41.2 Å². The molecule has 0 saturated heterocycles. The van der Waals surface area contributed by atoms with Crippen molar-refractivity contribution in [2.24, 2.45) is 5.92 Å². The fraction of sp³-hybridized carbons (Fsp3) is 0.550. The Hall–Kier alpha value is -1.86. The lowest BCUT2D eigenvalue weighted by atomic mass is 9.99. The molecule has 4 rings (SSSR count). The van der Waals surface area contributed by atoms with Crippen LogP contribution < -0.4 is 15.4 Å². The van der Waals surface area contributed by atoms with Crippen molar-refractivity contribution in [3.8, 4) is 0 Å². The minimum atomic E-state index is -3.80. The molecule has 3 aliphatic carbocycles. The van der Waals surface area contributed by atoms with Crippen LogP contribution in [0.4, 0.5) is 10.5 Å². The topological polar surface area (TPSA) is 87.3 Å². The molecule has 146 valence electrons. The molecule has 0 radical (unpaired) electrons. The molecule has 1 aromatic carbocycles. The molecular weight excluding hydrogens is 362 g/mol. The molecule has 3 aliphatic rings. The van der Waals surface area contributed by atoms with Crippen LogP contribution in [0.15, 0.2) is 17.6 Å². The van der Waals surface area contributed by atoms with Crippen LogP contribution >= 0.6 is 0 Å². The lowest BCUT2D eigenvalue weighted by Gasteiger charge is -2.16. The molecule has 0 heterocycles. The summed E-state index contributed by atoms with van der Waals surface area (Å²) in [5.74, 6) is 0.744. The normalized spacial score (nSPS) is 18.5. The van der Waals surface area contributed by atoms with Gasteiger partial charge in [-0.2, -0.15) is 0 Å². The SMILES string of the molecule is O=C(Nc1c2c(cc3c1CCC3)CCC2)NS(=O)(=O)/C=C/CNCC1CC1. The summed E-state index contributed by atoms with van der Waals surface area (Å²) >= 11 is 0. The Bertz CT molecular complexity index is 841. The predicted molar refractivity (Wildman–Crippen MR) is 106 cm³/mol. The van der Waals surface area contributed by atoms with Crippen LogP contribution in [-0.4, -0.2) is 27.5 Å². The first-order valence-electron chi connectivity index (χ1n) is 9.89. The molecule has 27 heavy (non-hydrogen) atoms. The highest BCUT2D eigenvalue weighted by Crippen LogP contribution is 2.38. The number of aryl methyl sites for hydroxylation is 2. The molecular formula is C20H27N3O3S. The lowest BCUT2D eigenvalue weighted by Crippen LogP contribution is -2.33. The maximum Gasteiger partial charge on any atom is 0.333 e. The first-order chi connectivity index (χ1) is 13.0. The van der Waals surface area contributed by atoms with Gasteiger partial charge in [0.1, 0.15) is 0 Å². The minimum absolute atomic E-state index is 0.485. The Morgan fingerprint density at radius 2 is 1.74 bits per heavy atom. The molecule has 0 spiro atoms. The van der Waals surface area contributed by atoms with Crippen LogP contribution in [0.1, 0.15) is 47.9 Å². The Labute approximate surface area is 160 Å². The Kier molecular flexibility index (Phi) is 5.23. The second-order valence-corrected chi connectivity index (χ2v) is 9.37. The highest BCUT2D eigenvalue weighted by molar-refractivity contribution is 7.92. The van der Waals surface area contributed by atoms with Gasteiger partial charge in [-0.25, -0.2) is 17.9 Å². The van der Waals surface area contributed by atoms with Gasteiger partial charge in [-0.3, -0.25) is 0 Å². The Balaban J connectivity index is 1.38. The van der Waals surface area contributed by atoms with Gasteiger partial charge in [0.05, 0.1) is 0 Å². The second-order valence-electron chi connectivity index (χ2n) is 7.81. The van der Waals surface area contributed by atoms with Crippen molar-refractivity contribution in [3.05, 3.63) is 39.8 Å². The van der Waals surface area contributed by atoms with E-state index in [1.807, 2.05) is 0 Å². The van der Waals surface area contributed by atoms with Gasteiger partial charge in [0.25, 0.3) is 10.0 Å². The molecule has 0 aliphatic heterocycles. The van der Waals surface area contributed by atoms with Crippen molar-refractivity contribution in [2.75, 3.05) is 18.4 Å². The van der Waals surface area contributed by atoms with Crippen molar-refractivity contribution in [3.63, 3.8) is 0 Å². The van der Waals surface area contributed by atoms with E-state index in [4.69, 9.17) is 0 Å². The molecule has 0 unspecified atom stereocenters. The zero-order chi connectivity index (χ0) is 18.9. The van der Waals surface area contributed by atoms with Gasteiger partial charge in [0, 0.05) is 17.6 Å². The first kappa shape index (κ1) is 18.5. The quantitative estimate of drug-likeness (QED) is 0.626. The number of anilines is 1. The van der Waals surface area contributed by atoms with E-state index in [9.17, 15) is 13.2 Å². The molecule has 2 amide bonds. The monoisotopic (exact) mass is 389 g/mol. The number of hydrogen-bond acceptors (Lipinski definition) is 4. The summed E-state index contributed by atoms with van der Waals surface area (Å²) in [7, 11) is -3.80. The zero-order valence-electron chi connectivity index (χ0n) is 15.5. The van der Waals surface area contributed by atoms with Crippen LogP contribution in [0.5, 0.6) is 0 Å². The Morgan fingerprint density at radius 1 is 1.07 bits per heavy atom. The van der Waals surface area contributed by atoms with Gasteiger partial charge in [0.15, 0.2) is 0 Å². The summed E-state index contributed by atoms with van der Waals surface area (Å²) < 4.78 is 26.3. The number of sulfonamides is 1.